The summed E-state index contributed by atoms with van der Waals surface area (Å²) in [7, 11) is 4.12. The minimum atomic E-state index is -0.241. The topological polar surface area (TPSA) is 67.8 Å². The van der Waals surface area contributed by atoms with Crippen molar-refractivity contribution in [1.29, 1.82) is 0 Å². The van der Waals surface area contributed by atoms with E-state index in [9.17, 15) is 4.79 Å². The highest BCUT2D eigenvalue weighted by Gasteiger charge is 2.37. The standard InChI is InChI=1S/C26H27Cl2N7O/c1-32-15-35(23-21(27)4-3-5-22(23)28)25(36)20-12-29-26(31-24(20)32)30-16-6-8-17(9-7-16)34-13-18-10-11-19(14-34)33(18)2/h3-9,12,18-19H,10-11,13-15H2,1-2H3,(H,29,30,31). The summed E-state index contributed by atoms with van der Waals surface area (Å²) in [4.78, 5) is 30.8. The molecule has 10 heteroatoms. The molecule has 2 unspecified atom stereocenters. The van der Waals surface area contributed by atoms with Crippen LogP contribution in [0.25, 0.3) is 0 Å². The second kappa shape index (κ2) is 9.10. The number of carbonyl (C=O) groups excluding carboxylic acids is 1. The number of rotatable bonds is 4. The van der Waals surface area contributed by atoms with Gasteiger partial charge in [-0.25, -0.2) is 4.98 Å². The Morgan fingerprint density at radius 2 is 1.64 bits per heavy atom. The zero-order chi connectivity index (χ0) is 25.0. The van der Waals surface area contributed by atoms with Gasteiger partial charge in [0, 0.05) is 49.8 Å². The van der Waals surface area contributed by atoms with Crippen LogP contribution in [0.5, 0.6) is 0 Å². The lowest BCUT2D eigenvalue weighted by molar-refractivity contribution is 0.0982. The van der Waals surface area contributed by atoms with Crippen molar-refractivity contribution in [3.05, 3.63) is 64.3 Å². The maximum atomic E-state index is 13.3. The van der Waals surface area contributed by atoms with Gasteiger partial charge in [0.1, 0.15) is 11.4 Å². The SMILES string of the molecule is CN1CN(c2c(Cl)cccc2Cl)C(=O)c2cnc(Nc3ccc(N4CC5CCC(C4)N5C)cc3)nc21. The molecule has 2 fully saturated rings. The highest BCUT2D eigenvalue weighted by Crippen LogP contribution is 2.38. The van der Waals surface area contributed by atoms with Gasteiger partial charge in [0.15, 0.2) is 0 Å². The van der Waals surface area contributed by atoms with Gasteiger partial charge in [0.25, 0.3) is 5.91 Å². The molecule has 186 valence electrons. The van der Waals surface area contributed by atoms with E-state index in [1.165, 1.54) is 18.5 Å². The molecule has 1 aromatic heterocycles. The van der Waals surface area contributed by atoms with Crippen molar-refractivity contribution in [3.8, 4) is 0 Å². The third-order valence-corrected chi connectivity index (χ3v) is 8.11. The van der Waals surface area contributed by atoms with E-state index >= 15 is 0 Å². The fourth-order valence-corrected chi connectivity index (χ4v) is 6.09. The molecule has 4 heterocycles. The molecule has 6 rings (SSSR count). The van der Waals surface area contributed by atoms with Gasteiger partial charge < -0.3 is 15.1 Å². The molecular weight excluding hydrogens is 497 g/mol. The van der Waals surface area contributed by atoms with E-state index in [-0.39, 0.29) is 12.6 Å². The summed E-state index contributed by atoms with van der Waals surface area (Å²) in [5, 5.41) is 4.11. The normalized spacial score (nSPS) is 21.7. The number of nitrogens with one attached hydrogen (secondary N) is 1. The van der Waals surface area contributed by atoms with E-state index in [1.54, 1.807) is 29.3 Å². The van der Waals surface area contributed by atoms with Gasteiger partial charge >= 0.3 is 0 Å². The first-order valence-electron chi connectivity index (χ1n) is 12.1. The van der Waals surface area contributed by atoms with Gasteiger partial charge in [0.05, 0.1) is 22.4 Å². The lowest BCUT2D eigenvalue weighted by Gasteiger charge is -2.40. The average molecular weight is 524 g/mol. The van der Waals surface area contributed by atoms with Gasteiger partial charge in [-0.1, -0.05) is 29.3 Å². The summed E-state index contributed by atoms with van der Waals surface area (Å²) in [6, 6.07) is 14.9. The van der Waals surface area contributed by atoms with Gasteiger partial charge in [-0.15, -0.1) is 0 Å². The van der Waals surface area contributed by atoms with Crippen LogP contribution in [0.4, 0.5) is 28.8 Å². The molecule has 0 aliphatic carbocycles. The van der Waals surface area contributed by atoms with E-state index in [1.807, 2.05) is 24.1 Å². The molecule has 2 aromatic carbocycles. The van der Waals surface area contributed by atoms with Gasteiger partial charge in [0.2, 0.25) is 5.95 Å². The second-order valence-electron chi connectivity index (χ2n) is 9.70. The van der Waals surface area contributed by atoms with Crippen LogP contribution >= 0.6 is 23.2 Å². The average Bonchev–Trinajstić information content (AvgIpc) is 3.07. The van der Waals surface area contributed by atoms with E-state index < -0.39 is 0 Å². The molecule has 0 saturated carbocycles. The van der Waals surface area contributed by atoms with Crippen molar-refractivity contribution in [2.45, 2.75) is 24.9 Å². The van der Waals surface area contributed by atoms with Crippen LogP contribution in [-0.2, 0) is 0 Å². The number of amides is 1. The third-order valence-electron chi connectivity index (χ3n) is 7.50. The van der Waals surface area contributed by atoms with Crippen molar-refractivity contribution < 1.29 is 4.79 Å². The highest BCUT2D eigenvalue weighted by molar-refractivity contribution is 6.40. The van der Waals surface area contributed by atoms with E-state index in [4.69, 9.17) is 23.2 Å². The fraction of sp³-hybridized carbons (Fsp3) is 0.346. The first-order chi connectivity index (χ1) is 17.4. The largest absolute Gasteiger partial charge is 0.368 e. The van der Waals surface area contributed by atoms with Crippen LogP contribution < -0.4 is 20.0 Å². The lowest BCUT2D eigenvalue weighted by atomic mass is 10.1. The summed E-state index contributed by atoms with van der Waals surface area (Å²) in [5.41, 5.74) is 3.01. The minimum Gasteiger partial charge on any atom is -0.368 e. The molecule has 36 heavy (non-hydrogen) atoms. The van der Waals surface area contributed by atoms with Crippen LogP contribution in [-0.4, -0.2) is 66.7 Å². The molecule has 1 amide bonds. The molecule has 0 spiro atoms. The van der Waals surface area contributed by atoms with E-state index in [0.29, 0.717) is 45.1 Å². The maximum absolute atomic E-state index is 13.3. The second-order valence-corrected chi connectivity index (χ2v) is 10.5. The Morgan fingerprint density at radius 3 is 2.31 bits per heavy atom. The summed E-state index contributed by atoms with van der Waals surface area (Å²) in [6.07, 6.45) is 4.12. The molecule has 3 aliphatic rings. The number of benzene rings is 2. The molecule has 0 radical (unpaired) electrons. The maximum Gasteiger partial charge on any atom is 0.265 e. The van der Waals surface area contributed by atoms with Crippen LogP contribution in [0.3, 0.4) is 0 Å². The Hall–Kier alpha value is -3.07. The summed E-state index contributed by atoms with van der Waals surface area (Å²) in [5.74, 6) is 0.750. The number of nitrogens with zero attached hydrogens (tertiary/aromatic N) is 6. The Morgan fingerprint density at radius 1 is 0.972 bits per heavy atom. The van der Waals surface area contributed by atoms with Crippen molar-refractivity contribution >= 4 is 57.9 Å². The predicted molar refractivity (Wildman–Crippen MR) is 145 cm³/mol. The molecule has 2 saturated heterocycles. The number of halogens is 2. The summed E-state index contributed by atoms with van der Waals surface area (Å²) >= 11 is 12.7. The number of fused-ring (bicyclic) bond motifs is 3. The van der Waals surface area contributed by atoms with Crippen LogP contribution in [0, 0.1) is 0 Å². The smallest absolute Gasteiger partial charge is 0.265 e. The number of piperazine rings is 1. The monoisotopic (exact) mass is 523 g/mol. The molecule has 1 N–H and O–H groups in total. The molecule has 3 aliphatic heterocycles. The number of para-hydroxylation sites is 1. The van der Waals surface area contributed by atoms with Crippen LogP contribution in [0.1, 0.15) is 23.2 Å². The Bertz CT molecular complexity index is 1280. The third kappa shape index (κ3) is 4.03. The van der Waals surface area contributed by atoms with Crippen molar-refractivity contribution in [2.75, 3.05) is 53.9 Å². The van der Waals surface area contributed by atoms with Gasteiger partial charge in [-0.05, 0) is 56.3 Å². The van der Waals surface area contributed by atoms with Crippen molar-refractivity contribution in [2.24, 2.45) is 0 Å². The quantitative estimate of drug-likeness (QED) is 0.523. The van der Waals surface area contributed by atoms with Gasteiger partial charge in [-0.3, -0.25) is 14.6 Å². The van der Waals surface area contributed by atoms with Crippen molar-refractivity contribution in [1.82, 2.24) is 14.9 Å². The van der Waals surface area contributed by atoms with Crippen LogP contribution in [0.2, 0.25) is 10.0 Å². The number of likely N-dealkylation sites (N-methyl/N-ethyl adjacent to an activating group) is 1. The van der Waals surface area contributed by atoms with Crippen molar-refractivity contribution in [3.63, 3.8) is 0 Å². The molecule has 8 nitrogen and oxygen atoms in total. The molecular formula is C26H27Cl2N7O. The molecule has 3 aromatic rings. The Kier molecular flexibility index (Phi) is 5.90. The first kappa shape index (κ1) is 23.3. The summed E-state index contributed by atoms with van der Waals surface area (Å²) in [6.45, 7) is 2.42. The molecule has 2 atom stereocenters. The number of hydrogen-bond donors (Lipinski definition) is 1. The lowest BCUT2D eigenvalue weighted by Crippen LogP contribution is -2.51. The first-order valence-corrected chi connectivity index (χ1v) is 12.8. The number of aromatic nitrogens is 2. The predicted octanol–water partition coefficient (Wildman–Crippen LogP) is 4.86. The number of carbonyl (C=O) groups is 1. The number of anilines is 5. The Balaban J connectivity index is 1.19. The van der Waals surface area contributed by atoms with E-state index in [2.05, 4.69) is 44.3 Å². The Labute approximate surface area is 220 Å². The number of hydrogen-bond acceptors (Lipinski definition) is 7. The highest BCUT2D eigenvalue weighted by atomic mass is 35.5. The fourth-order valence-electron chi connectivity index (χ4n) is 5.49. The zero-order valence-electron chi connectivity index (χ0n) is 20.2. The van der Waals surface area contributed by atoms with Gasteiger partial charge in [-0.2, -0.15) is 4.98 Å². The summed E-state index contributed by atoms with van der Waals surface area (Å²) < 4.78 is 0. The molecule has 2 bridgehead atoms. The van der Waals surface area contributed by atoms with E-state index in [0.717, 1.165) is 18.8 Å². The zero-order valence-corrected chi connectivity index (χ0v) is 21.7. The van der Waals surface area contributed by atoms with Crippen LogP contribution in [0.15, 0.2) is 48.7 Å². The minimum absolute atomic E-state index is 0.241.